The van der Waals surface area contributed by atoms with E-state index in [9.17, 15) is 29.1 Å². The summed E-state index contributed by atoms with van der Waals surface area (Å²) < 4.78 is 27.1. The number of carboxylic acid groups (broad SMARTS) is 1. The maximum Gasteiger partial charge on any atom is 0.407 e. The van der Waals surface area contributed by atoms with E-state index in [0.717, 1.165) is 23.7 Å². The Morgan fingerprint density at radius 3 is 1.50 bits per heavy atom. The van der Waals surface area contributed by atoms with Crippen LogP contribution in [0.25, 0.3) is 0 Å². The number of alkyl carbamates (subject to hydrolysis) is 2. The van der Waals surface area contributed by atoms with Crippen molar-refractivity contribution in [2.75, 3.05) is 13.1 Å². The minimum Gasteiger partial charge on any atom is -0.476 e. The second-order valence-electron chi connectivity index (χ2n) is 14.1. The third-order valence-electron chi connectivity index (χ3n) is 8.80. The van der Waals surface area contributed by atoms with Gasteiger partial charge in [-0.1, -0.05) is 74.5 Å². The summed E-state index contributed by atoms with van der Waals surface area (Å²) in [5.41, 5.74) is 7.27. The molecule has 3 heterocycles. The number of carbonyl (C=O) groups excluding carboxylic acids is 4. The van der Waals surface area contributed by atoms with Gasteiger partial charge in [0.1, 0.15) is 44.1 Å². The topological polar surface area (TPSA) is 276 Å². The van der Waals surface area contributed by atoms with E-state index >= 15 is 0 Å². The molecule has 19 nitrogen and oxygen atoms in total. The molecule has 60 heavy (non-hydrogen) atoms. The van der Waals surface area contributed by atoms with Crippen molar-refractivity contribution >= 4 is 30.0 Å². The molecule has 5 rings (SSSR count). The largest absolute Gasteiger partial charge is 0.476 e. The fourth-order valence-corrected chi connectivity index (χ4v) is 5.79. The number of carbonyl (C=O) groups is 5. The van der Waals surface area contributed by atoms with Crippen LogP contribution in [0.1, 0.15) is 124 Å². The van der Waals surface area contributed by atoms with Crippen LogP contribution < -0.4 is 27.0 Å². The van der Waals surface area contributed by atoms with Crippen LogP contribution in [0.5, 0.6) is 0 Å². The second kappa shape index (κ2) is 22.2. The highest BCUT2D eigenvalue weighted by Gasteiger charge is 2.27. The van der Waals surface area contributed by atoms with Gasteiger partial charge in [0.05, 0.1) is 6.04 Å². The fourth-order valence-electron chi connectivity index (χ4n) is 5.79. The third kappa shape index (κ3) is 13.8. The molecule has 0 radical (unpaired) electrons. The molecule has 0 bridgehead atoms. The number of nitrogens with two attached hydrogens (primary N) is 1. The number of benzene rings is 2. The molecule has 5 aromatic rings. The Morgan fingerprint density at radius 1 is 0.650 bits per heavy atom. The lowest BCUT2D eigenvalue weighted by molar-refractivity contribution is 0.0689. The first-order chi connectivity index (χ1) is 28.9. The van der Waals surface area contributed by atoms with E-state index in [1.807, 2.05) is 74.5 Å². The summed E-state index contributed by atoms with van der Waals surface area (Å²) in [6.07, 6.45) is 3.55. The first-order valence-electron chi connectivity index (χ1n) is 19.3. The van der Waals surface area contributed by atoms with Crippen LogP contribution in [0.15, 0.2) is 92.7 Å². The summed E-state index contributed by atoms with van der Waals surface area (Å²) in [6, 6.07) is 16.0. The van der Waals surface area contributed by atoms with E-state index in [0.29, 0.717) is 19.3 Å². The van der Waals surface area contributed by atoms with Crippen LogP contribution in [0, 0.1) is 5.92 Å². The Kier molecular flexibility index (Phi) is 16.3. The van der Waals surface area contributed by atoms with Gasteiger partial charge in [0.25, 0.3) is 11.8 Å². The van der Waals surface area contributed by atoms with E-state index in [-0.39, 0.29) is 79.8 Å². The molecule has 3 atom stereocenters. The van der Waals surface area contributed by atoms with Crippen LogP contribution in [-0.4, -0.2) is 63.1 Å². The number of ether oxygens (including phenoxy) is 2. The molecule has 0 aliphatic carbocycles. The van der Waals surface area contributed by atoms with Crippen molar-refractivity contribution in [3.05, 3.63) is 125 Å². The van der Waals surface area contributed by atoms with Gasteiger partial charge >= 0.3 is 18.2 Å². The van der Waals surface area contributed by atoms with Gasteiger partial charge in [-0.2, -0.15) is 0 Å². The molecular weight excluding hydrogens is 780 g/mol. The molecule has 318 valence electrons. The first kappa shape index (κ1) is 44.1. The predicted molar refractivity (Wildman–Crippen MR) is 211 cm³/mol. The number of aromatic nitrogens is 3. The maximum atomic E-state index is 13.6. The monoisotopic (exact) mass is 828 g/mol. The lowest BCUT2D eigenvalue weighted by Gasteiger charge is -2.16. The van der Waals surface area contributed by atoms with E-state index in [4.69, 9.17) is 28.5 Å². The van der Waals surface area contributed by atoms with Crippen LogP contribution >= 0.6 is 0 Å². The molecule has 19 heteroatoms. The van der Waals surface area contributed by atoms with Gasteiger partial charge in [0, 0.05) is 13.1 Å². The number of aromatic carboxylic acids is 1. The summed E-state index contributed by atoms with van der Waals surface area (Å²) in [5.74, 6) is -2.33. The minimum atomic E-state index is -1.33. The number of hydrogen-bond donors (Lipinski definition) is 6. The van der Waals surface area contributed by atoms with Gasteiger partial charge in [-0.25, -0.2) is 29.3 Å². The quantitative estimate of drug-likeness (QED) is 0.0453. The number of amides is 4. The summed E-state index contributed by atoms with van der Waals surface area (Å²) in [4.78, 5) is 75.7. The van der Waals surface area contributed by atoms with Crippen molar-refractivity contribution in [2.24, 2.45) is 11.7 Å². The molecular formula is C41H48N8O11. The number of nitrogens with zero attached hydrogens (tertiary/aromatic N) is 3. The highest BCUT2D eigenvalue weighted by Crippen LogP contribution is 2.23. The minimum absolute atomic E-state index is 0.0283. The molecule has 0 saturated heterocycles. The van der Waals surface area contributed by atoms with Gasteiger partial charge in [0.15, 0.2) is 17.1 Å². The van der Waals surface area contributed by atoms with Crippen LogP contribution in [0.4, 0.5) is 9.59 Å². The van der Waals surface area contributed by atoms with Crippen LogP contribution in [0.2, 0.25) is 0 Å². The van der Waals surface area contributed by atoms with Crippen molar-refractivity contribution in [3.63, 3.8) is 0 Å². The Bertz CT molecular complexity index is 2150. The highest BCUT2D eigenvalue weighted by atomic mass is 16.6. The molecule has 0 unspecified atom stereocenters. The Labute approximate surface area is 344 Å². The normalized spacial score (nSPS) is 12.5. The maximum absolute atomic E-state index is 13.6. The molecule has 7 N–H and O–H groups in total. The average molecular weight is 829 g/mol. The van der Waals surface area contributed by atoms with Crippen LogP contribution in [0.3, 0.4) is 0 Å². The summed E-state index contributed by atoms with van der Waals surface area (Å²) in [5, 5.41) is 20.3. The van der Waals surface area contributed by atoms with Gasteiger partial charge in [-0.05, 0) is 49.1 Å². The molecule has 0 aliphatic heterocycles. The van der Waals surface area contributed by atoms with Crippen molar-refractivity contribution < 1.29 is 51.8 Å². The Balaban J connectivity index is 1.22. The molecule has 0 spiro atoms. The third-order valence-corrected chi connectivity index (χ3v) is 8.80. The Morgan fingerprint density at radius 2 is 1.07 bits per heavy atom. The van der Waals surface area contributed by atoms with E-state index in [1.165, 1.54) is 6.26 Å². The lowest BCUT2D eigenvalue weighted by atomic mass is 10.0. The summed E-state index contributed by atoms with van der Waals surface area (Å²) in [7, 11) is 0. The standard InChI is InChI=1S/C41H48N8O11/c1-25(2)19-28(42)36-47-31(22-56-36)34(50)45-29(15-9-17-43-40(54)59-20-26-11-5-3-6-12-26)37-48-32(23-57-37)35(51)46-30(38-49-33(24-58-38)39(52)53)16-10-18-44-41(55)60-21-27-13-7-4-8-14-27/h3-8,11-14,22-25,28-30H,9-10,15-21,42H2,1-2H3,(H,43,54)(H,44,55)(H,45,50)(H,46,51)(H,52,53)/t28-,29-,30-/m0/s1. The van der Waals surface area contributed by atoms with Gasteiger partial charge in [-0.15, -0.1) is 0 Å². The molecule has 0 fully saturated rings. The number of rotatable bonds is 22. The molecule has 0 saturated carbocycles. The SMILES string of the molecule is CC(C)C[C@H](N)c1nc(C(=O)N[C@@H](CCCNC(=O)OCc2ccccc2)c2nc(C(=O)N[C@@H](CCCNC(=O)OCc3ccccc3)c3nc(C(=O)O)co3)co2)co1. The van der Waals surface area contributed by atoms with Crippen molar-refractivity contribution in [2.45, 2.75) is 77.3 Å². The molecule has 3 aromatic heterocycles. The zero-order valence-corrected chi connectivity index (χ0v) is 33.1. The second-order valence-corrected chi connectivity index (χ2v) is 14.1. The van der Waals surface area contributed by atoms with Crippen molar-refractivity contribution in [1.29, 1.82) is 0 Å². The number of oxazole rings is 3. The van der Waals surface area contributed by atoms with Crippen molar-refractivity contribution in [3.8, 4) is 0 Å². The van der Waals surface area contributed by atoms with E-state index < -0.39 is 48.1 Å². The lowest BCUT2D eigenvalue weighted by Crippen LogP contribution is -2.32. The predicted octanol–water partition coefficient (Wildman–Crippen LogP) is 5.75. The van der Waals surface area contributed by atoms with Gasteiger partial charge in [-0.3, -0.25) is 9.59 Å². The molecule has 2 aromatic carbocycles. The number of hydrogen-bond acceptors (Lipinski definition) is 14. The van der Waals surface area contributed by atoms with Gasteiger partial charge < -0.3 is 54.8 Å². The average Bonchev–Trinajstić information content (AvgIpc) is 4.05. The highest BCUT2D eigenvalue weighted by molar-refractivity contribution is 5.93. The first-order valence-corrected chi connectivity index (χ1v) is 19.3. The fraction of sp³-hybridized carbons (Fsp3) is 0.366. The zero-order valence-electron chi connectivity index (χ0n) is 33.1. The zero-order chi connectivity index (χ0) is 42.9. The summed E-state index contributed by atoms with van der Waals surface area (Å²) in [6.45, 7) is 4.49. The summed E-state index contributed by atoms with van der Waals surface area (Å²) >= 11 is 0. The number of nitrogens with one attached hydrogen (secondary N) is 4. The Hall–Kier alpha value is -7.02. The molecule has 0 aliphatic rings. The van der Waals surface area contributed by atoms with E-state index in [2.05, 4.69) is 36.2 Å². The molecule has 4 amide bonds. The van der Waals surface area contributed by atoms with Crippen LogP contribution in [-0.2, 0) is 22.7 Å². The number of carboxylic acids is 1. The van der Waals surface area contributed by atoms with Gasteiger partial charge in [0.2, 0.25) is 17.7 Å². The van der Waals surface area contributed by atoms with E-state index in [1.54, 1.807) is 0 Å². The van der Waals surface area contributed by atoms with Crippen molar-refractivity contribution in [1.82, 2.24) is 36.2 Å². The smallest absolute Gasteiger partial charge is 0.407 e.